The van der Waals surface area contributed by atoms with Gasteiger partial charge in [-0.15, -0.1) is 0 Å². The zero-order valence-electron chi connectivity index (χ0n) is 16.1. The standard InChI is InChI=1S/C22H25BrN4O/c1-2-18-21(27-15-17(23)10-11-20(27)25-18)22(28)24-14-19(26-12-6-7-13-26)16-8-4-3-5-9-16/h3-5,8-11,15,19H,2,6-7,12-14H2,1H3,(H,24,28). The van der Waals surface area contributed by atoms with E-state index in [-0.39, 0.29) is 11.9 Å². The number of aromatic nitrogens is 2. The summed E-state index contributed by atoms with van der Waals surface area (Å²) in [4.78, 5) is 20.3. The summed E-state index contributed by atoms with van der Waals surface area (Å²) in [5, 5.41) is 3.19. The van der Waals surface area contributed by atoms with Gasteiger partial charge in [-0.25, -0.2) is 4.98 Å². The van der Waals surface area contributed by atoms with Gasteiger partial charge >= 0.3 is 0 Å². The minimum atomic E-state index is -0.0671. The monoisotopic (exact) mass is 440 g/mol. The number of carbonyl (C=O) groups is 1. The van der Waals surface area contributed by atoms with Gasteiger partial charge in [0, 0.05) is 17.2 Å². The van der Waals surface area contributed by atoms with Gasteiger partial charge in [0.1, 0.15) is 11.3 Å². The van der Waals surface area contributed by atoms with E-state index in [2.05, 4.69) is 55.4 Å². The maximum absolute atomic E-state index is 13.2. The van der Waals surface area contributed by atoms with E-state index in [4.69, 9.17) is 0 Å². The Bertz CT molecular complexity index is 963. The molecule has 1 aliphatic heterocycles. The number of nitrogens with one attached hydrogen (secondary N) is 1. The number of halogens is 1. The van der Waals surface area contributed by atoms with E-state index in [9.17, 15) is 4.79 Å². The van der Waals surface area contributed by atoms with E-state index in [0.29, 0.717) is 12.2 Å². The van der Waals surface area contributed by atoms with Crippen molar-refractivity contribution in [3.8, 4) is 0 Å². The molecule has 1 aliphatic rings. The summed E-state index contributed by atoms with van der Waals surface area (Å²) in [5.41, 5.74) is 3.51. The lowest BCUT2D eigenvalue weighted by atomic mass is 10.1. The Balaban J connectivity index is 1.59. The van der Waals surface area contributed by atoms with Crippen molar-refractivity contribution in [1.82, 2.24) is 19.6 Å². The van der Waals surface area contributed by atoms with Gasteiger partial charge in [-0.1, -0.05) is 37.3 Å². The fourth-order valence-electron chi connectivity index (χ4n) is 4.01. The van der Waals surface area contributed by atoms with Crippen LogP contribution in [0.3, 0.4) is 0 Å². The van der Waals surface area contributed by atoms with Crippen molar-refractivity contribution in [1.29, 1.82) is 0 Å². The van der Waals surface area contributed by atoms with Crippen LogP contribution >= 0.6 is 15.9 Å². The molecule has 3 aromatic rings. The number of amides is 1. The third kappa shape index (κ3) is 3.84. The number of benzene rings is 1. The summed E-state index contributed by atoms with van der Waals surface area (Å²) in [5.74, 6) is -0.0671. The van der Waals surface area contributed by atoms with Gasteiger partial charge in [-0.05, 0) is 66.0 Å². The molecule has 0 aliphatic carbocycles. The molecule has 6 heteroatoms. The van der Waals surface area contributed by atoms with Gasteiger partial charge in [0.25, 0.3) is 5.91 Å². The molecule has 1 unspecified atom stereocenters. The number of likely N-dealkylation sites (tertiary alicyclic amines) is 1. The van der Waals surface area contributed by atoms with Gasteiger partial charge in [0.05, 0.1) is 11.7 Å². The molecule has 146 valence electrons. The smallest absolute Gasteiger partial charge is 0.270 e. The molecule has 0 bridgehead atoms. The number of carbonyl (C=O) groups excluding carboxylic acids is 1. The Morgan fingerprint density at radius 1 is 1.18 bits per heavy atom. The number of imidazole rings is 1. The molecular weight excluding hydrogens is 416 g/mol. The summed E-state index contributed by atoms with van der Waals surface area (Å²) in [6, 6.07) is 14.5. The molecule has 0 radical (unpaired) electrons. The van der Waals surface area contributed by atoms with Crippen molar-refractivity contribution in [2.24, 2.45) is 0 Å². The SMILES string of the molecule is CCc1nc2ccc(Br)cn2c1C(=O)NCC(c1ccccc1)N1CCCC1. The highest BCUT2D eigenvalue weighted by molar-refractivity contribution is 9.10. The lowest BCUT2D eigenvalue weighted by Gasteiger charge is -2.28. The molecule has 3 heterocycles. The molecule has 1 aromatic carbocycles. The van der Waals surface area contributed by atoms with Gasteiger partial charge in [-0.2, -0.15) is 0 Å². The topological polar surface area (TPSA) is 49.6 Å². The van der Waals surface area contributed by atoms with Crippen molar-refractivity contribution in [2.45, 2.75) is 32.2 Å². The van der Waals surface area contributed by atoms with Crippen molar-refractivity contribution in [3.63, 3.8) is 0 Å². The van der Waals surface area contributed by atoms with Crippen LogP contribution in [0.25, 0.3) is 5.65 Å². The number of hydrogen-bond acceptors (Lipinski definition) is 3. The molecule has 5 nitrogen and oxygen atoms in total. The molecule has 1 saturated heterocycles. The summed E-state index contributed by atoms with van der Waals surface area (Å²) in [6.45, 7) is 4.79. The molecule has 2 aromatic heterocycles. The van der Waals surface area contributed by atoms with Gasteiger partial charge in [-0.3, -0.25) is 14.1 Å². The summed E-state index contributed by atoms with van der Waals surface area (Å²) < 4.78 is 2.80. The highest BCUT2D eigenvalue weighted by atomic mass is 79.9. The van der Waals surface area contributed by atoms with Gasteiger partial charge in [0.15, 0.2) is 0 Å². The predicted octanol–water partition coefficient (Wildman–Crippen LogP) is 4.23. The quantitative estimate of drug-likeness (QED) is 0.623. The summed E-state index contributed by atoms with van der Waals surface area (Å²) >= 11 is 3.50. The molecule has 1 amide bonds. The third-order valence-corrected chi connectivity index (χ3v) is 5.90. The van der Waals surface area contributed by atoms with E-state index in [1.807, 2.05) is 35.7 Å². The van der Waals surface area contributed by atoms with Crippen LogP contribution in [0.2, 0.25) is 0 Å². The van der Waals surface area contributed by atoms with Crippen LogP contribution in [0, 0.1) is 0 Å². The number of fused-ring (bicyclic) bond motifs is 1. The molecule has 28 heavy (non-hydrogen) atoms. The van der Waals surface area contributed by atoms with Crippen LogP contribution in [-0.4, -0.2) is 39.8 Å². The Labute approximate surface area is 173 Å². The average molecular weight is 441 g/mol. The second kappa shape index (κ2) is 8.45. The average Bonchev–Trinajstić information content (AvgIpc) is 3.36. The van der Waals surface area contributed by atoms with E-state index in [1.165, 1.54) is 18.4 Å². The molecule has 4 rings (SSSR count). The highest BCUT2D eigenvalue weighted by Crippen LogP contribution is 2.25. The molecule has 1 atom stereocenters. The maximum Gasteiger partial charge on any atom is 0.270 e. The van der Waals surface area contributed by atoms with Crippen molar-refractivity contribution >= 4 is 27.5 Å². The third-order valence-electron chi connectivity index (χ3n) is 5.43. The maximum atomic E-state index is 13.2. The first-order valence-electron chi connectivity index (χ1n) is 9.91. The minimum absolute atomic E-state index is 0.0671. The van der Waals surface area contributed by atoms with E-state index in [1.54, 1.807) is 0 Å². The normalized spacial score (nSPS) is 15.8. The van der Waals surface area contributed by atoms with Gasteiger partial charge in [0.2, 0.25) is 0 Å². The first-order valence-corrected chi connectivity index (χ1v) is 10.7. The van der Waals surface area contributed by atoms with Crippen LogP contribution in [0.4, 0.5) is 0 Å². The molecule has 0 spiro atoms. The second-order valence-electron chi connectivity index (χ2n) is 7.22. The number of hydrogen-bond donors (Lipinski definition) is 1. The number of pyridine rings is 1. The highest BCUT2D eigenvalue weighted by Gasteiger charge is 2.25. The van der Waals surface area contributed by atoms with Crippen molar-refractivity contribution < 1.29 is 4.79 Å². The van der Waals surface area contributed by atoms with E-state index < -0.39 is 0 Å². The first-order chi connectivity index (χ1) is 13.7. The summed E-state index contributed by atoms with van der Waals surface area (Å²) in [7, 11) is 0. The van der Waals surface area contributed by atoms with Crippen LogP contribution in [-0.2, 0) is 6.42 Å². The van der Waals surface area contributed by atoms with Crippen molar-refractivity contribution in [2.75, 3.05) is 19.6 Å². The largest absolute Gasteiger partial charge is 0.349 e. The van der Waals surface area contributed by atoms with E-state index >= 15 is 0 Å². The molecule has 1 N–H and O–H groups in total. The fourth-order valence-corrected chi connectivity index (χ4v) is 4.35. The lowest BCUT2D eigenvalue weighted by molar-refractivity contribution is 0.0931. The van der Waals surface area contributed by atoms with Crippen LogP contribution in [0.15, 0.2) is 53.1 Å². The van der Waals surface area contributed by atoms with E-state index in [0.717, 1.165) is 35.3 Å². The zero-order valence-corrected chi connectivity index (χ0v) is 17.7. The number of aryl methyl sites for hydroxylation is 1. The van der Waals surface area contributed by atoms with Crippen LogP contribution in [0.5, 0.6) is 0 Å². The minimum Gasteiger partial charge on any atom is -0.349 e. The Hall–Kier alpha value is -2.18. The molecule has 1 fully saturated rings. The number of rotatable bonds is 6. The Morgan fingerprint density at radius 3 is 2.64 bits per heavy atom. The predicted molar refractivity (Wildman–Crippen MR) is 115 cm³/mol. The van der Waals surface area contributed by atoms with Crippen LogP contribution < -0.4 is 5.32 Å². The Morgan fingerprint density at radius 2 is 1.93 bits per heavy atom. The first kappa shape index (κ1) is 19.2. The Kier molecular flexibility index (Phi) is 5.78. The molecular formula is C22H25BrN4O. The fraction of sp³-hybridized carbons (Fsp3) is 0.364. The van der Waals surface area contributed by atoms with Gasteiger partial charge < -0.3 is 5.32 Å². The lowest BCUT2D eigenvalue weighted by Crippen LogP contribution is -2.37. The van der Waals surface area contributed by atoms with Crippen molar-refractivity contribution in [3.05, 3.63) is 70.1 Å². The zero-order chi connectivity index (χ0) is 19.5. The number of nitrogens with zero attached hydrogens (tertiary/aromatic N) is 3. The summed E-state index contributed by atoms with van der Waals surface area (Å²) in [6.07, 6.45) is 5.07. The molecule has 0 saturated carbocycles. The second-order valence-corrected chi connectivity index (χ2v) is 8.13. The van der Waals surface area contributed by atoms with Crippen LogP contribution in [0.1, 0.15) is 47.6 Å².